The Bertz CT molecular complexity index is 197. The number of hydrogen-bond acceptors (Lipinski definition) is 2. The molecule has 2 bridgehead atoms. The zero-order chi connectivity index (χ0) is 11.5. The summed E-state index contributed by atoms with van der Waals surface area (Å²) in [5.74, 6) is 1.82. The first-order valence-corrected chi connectivity index (χ1v) is 7.07. The minimum absolute atomic E-state index is 0.728. The van der Waals surface area contributed by atoms with Crippen LogP contribution in [-0.4, -0.2) is 49.1 Å². The molecule has 2 heteroatoms. The molecule has 0 spiro atoms. The van der Waals surface area contributed by atoms with E-state index in [0.29, 0.717) is 0 Å². The van der Waals surface area contributed by atoms with E-state index >= 15 is 0 Å². The lowest BCUT2D eigenvalue weighted by molar-refractivity contribution is 0.0972. The second-order valence-electron chi connectivity index (χ2n) is 6.29. The monoisotopic (exact) mass is 224 g/mol. The Hall–Kier alpha value is -0.0800. The molecule has 94 valence electrons. The molecule has 16 heavy (non-hydrogen) atoms. The van der Waals surface area contributed by atoms with Gasteiger partial charge in [0.2, 0.25) is 0 Å². The Morgan fingerprint density at radius 2 is 1.38 bits per heavy atom. The topological polar surface area (TPSA) is 6.48 Å². The highest BCUT2D eigenvalue weighted by Crippen LogP contribution is 2.25. The number of rotatable bonds is 1. The lowest BCUT2D eigenvalue weighted by atomic mass is 9.99. The molecule has 2 nitrogen and oxygen atoms in total. The minimum atomic E-state index is 0.728. The fraction of sp³-hybridized carbons (Fsp3) is 1.00. The van der Waals surface area contributed by atoms with Crippen LogP contribution in [0, 0.1) is 11.8 Å². The third-order valence-electron chi connectivity index (χ3n) is 4.33. The molecule has 2 atom stereocenters. The van der Waals surface area contributed by atoms with Gasteiger partial charge in [-0.25, -0.2) is 0 Å². The highest BCUT2D eigenvalue weighted by molar-refractivity contribution is 4.81. The van der Waals surface area contributed by atoms with Gasteiger partial charge in [0, 0.05) is 32.2 Å². The summed E-state index contributed by atoms with van der Waals surface area (Å²) in [5, 5.41) is 0. The van der Waals surface area contributed by atoms with Crippen LogP contribution in [0.5, 0.6) is 0 Å². The highest BCUT2D eigenvalue weighted by Gasteiger charge is 2.27. The van der Waals surface area contributed by atoms with E-state index < -0.39 is 0 Å². The van der Waals surface area contributed by atoms with Gasteiger partial charge in [0.25, 0.3) is 0 Å². The third-order valence-corrected chi connectivity index (χ3v) is 4.33. The maximum Gasteiger partial charge on any atom is 0.00388 e. The summed E-state index contributed by atoms with van der Waals surface area (Å²) in [6.07, 6.45) is 5.81. The zero-order valence-corrected chi connectivity index (χ0v) is 11.3. The van der Waals surface area contributed by atoms with Gasteiger partial charge in [0.05, 0.1) is 0 Å². The molecular weight excluding hydrogens is 196 g/mol. The second kappa shape index (κ2) is 5.50. The van der Waals surface area contributed by atoms with E-state index in [1.54, 1.807) is 0 Å². The summed E-state index contributed by atoms with van der Waals surface area (Å²) in [4.78, 5) is 5.31. The SMILES string of the molecule is CC(C)N1CC2CCCCC(CN(C)C2)C1. The van der Waals surface area contributed by atoms with Crippen molar-refractivity contribution in [3.63, 3.8) is 0 Å². The van der Waals surface area contributed by atoms with Gasteiger partial charge in [-0.1, -0.05) is 12.8 Å². The summed E-state index contributed by atoms with van der Waals surface area (Å²) in [6.45, 7) is 10.0. The van der Waals surface area contributed by atoms with Gasteiger partial charge in [-0.05, 0) is 45.6 Å². The number of fused-ring (bicyclic) bond motifs is 7. The predicted octanol–water partition coefficient (Wildman–Crippen LogP) is 2.45. The van der Waals surface area contributed by atoms with E-state index in [4.69, 9.17) is 0 Å². The molecule has 3 heterocycles. The van der Waals surface area contributed by atoms with E-state index in [0.717, 1.165) is 17.9 Å². The molecular formula is C14H28N2. The maximum atomic E-state index is 2.73. The van der Waals surface area contributed by atoms with Crippen molar-refractivity contribution in [3.05, 3.63) is 0 Å². The molecule has 0 saturated carbocycles. The van der Waals surface area contributed by atoms with Crippen molar-refractivity contribution < 1.29 is 0 Å². The predicted molar refractivity (Wildman–Crippen MR) is 69.7 cm³/mol. The Morgan fingerprint density at radius 3 is 1.81 bits per heavy atom. The Kier molecular flexibility index (Phi) is 4.26. The van der Waals surface area contributed by atoms with Gasteiger partial charge in [0.15, 0.2) is 0 Å². The smallest absolute Gasteiger partial charge is 0.00388 e. The first kappa shape index (κ1) is 12.4. The largest absolute Gasteiger partial charge is 0.306 e. The van der Waals surface area contributed by atoms with Crippen LogP contribution >= 0.6 is 0 Å². The molecule has 3 fully saturated rings. The Balaban J connectivity index is 2.10. The van der Waals surface area contributed by atoms with Crippen LogP contribution in [0.25, 0.3) is 0 Å². The molecule has 0 N–H and O–H groups in total. The molecule has 3 saturated heterocycles. The van der Waals surface area contributed by atoms with E-state index in [9.17, 15) is 0 Å². The fourth-order valence-corrected chi connectivity index (χ4v) is 3.46. The van der Waals surface area contributed by atoms with E-state index in [1.807, 2.05) is 0 Å². The Labute approximate surface area is 101 Å². The summed E-state index contributed by atoms with van der Waals surface area (Å²) in [7, 11) is 2.32. The molecule has 3 rings (SSSR count). The fourth-order valence-electron chi connectivity index (χ4n) is 3.46. The van der Waals surface area contributed by atoms with Crippen LogP contribution in [-0.2, 0) is 0 Å². The first-order chi connectivity index (χ1) is 7.65. The van der Waals surface area contributed by atoms with Crippen molar-refractivity contribution in [3.8, 4) is 0 Å². The molecule has 0 aliphatic carbocycles. The normalized spacial score (nSPS) is 34.5. The van der Waals surface area contributed by atoms with Crippen LogP contribution in [0.3, 0.4) is 0 Å². The van der Waals surface area contributed by atoms with Gasteiger partial charge in [-0.2, -0.15) is 0 Å². The standard InChI is InChI=1S/C14H28N2/c1-12(2)16-10-13-6-4-5-7-14(11-16)9-15(3)8-13/h12-14H,4-11H2,1-3H3. The van der Waals surface area contributed by atoms with Crippen LogP contribution in [0.1, 0.15) is 39.5 Å². The quantitative estimate of drug-likeness (QED) is 0.675. The molecule has 0 aromatic rings. The van der Waals surface area contributed by atoms with Crippen molar-refractivity contribution in [2.24, 2.45) is 11.8 Å². The summed E-state index contributed by atoms with van der Waals surface area (Å²) in [6, 6.07) is 0.728. The van der Waals surface area contributed by atoms with Crippen molar-refractivity contribution in [1.29, 1.82) is 0 Å². The van der Waals surface area contributed by atoms with Crippen LogP contribution in [0.4, 0.5) is 0 Å². The molecule has 0 amide bonds. The summed E-state index contributed by atoms with van der Waals surface area (Å²) in [5.41, 5.74) is 0. The minimum Gasteiger partial charge on any atom is -0.306 e. The van der Waals surface area contributed by atoms with Gasteiger partial charge >= 0.3 is 0 Å². The zero-order valence-electron chi connectivity index (χ0n) is 11.3. The van der Waals surface area contributed by atoms with Crippen LogP contribution < -0.4 is 0 Å². The molecule has 0 aromatic carbocycles. The first-order valence-electron chi connectivity index (χ1n) is 7.07. The Morgan fingerprint density at radius 1 is 0.875 bits per heavy atom. The van der Waals surface area contributed by atoms with E-state index in [1.165, 1.54) is 51.9 Å². The summed E-state index contributed by atoms with van der Waals surface area (Å²) >= 11 is 0. The molecule has 3 aliphatic rings. The lowest BCUT2D eigenvalue weighted by Gasteiger charge is -2.38. The number of nitrogens with zero attached hydrogens (tertiary/aromatic N) is 2. The van der Waals surface area contributed by atoms with Crippen molar-refractivity contribution in [2.45, 2.75) is 45.6 Å². The second-order valence-corrected chi connectivity index (χ2v) is 6.29. The average molecular weight is 224 g/mol. The van der Waals surface area contributed by atoms with Crippen LogP contribution in [0.2, 0.25) is 0 Å². The van der Waals surface area contributed by atoms with E-state index in [2.05, 4.69) is 30.7 Å². The van der Waals surface area contributed by atoms with Gasteiger partial charge < -0.3 is 9.80 Å². The van der Waals surface area contributed by atoms with Gasteiger partial charge in [0.1, 0.15) is 0 Å². The molecule has 3 aliphatic heterocycles. The van der Waals surface area contributed by atoms with Crippen molar-refractivity contribution >= 4 is 0 Å². The van der Waals surface area contributed by atoms with Crippen LogP contribution in [0.15, 0.2) is 0 Å². The van der Waals surface area contributed by atoms with E-state index in [-0.39, 0.29) is 0 Å². The maximum absolute atomic E-state index is 2.73. The van der Waals surface area contributed by atoms with Crippen molar-refractivity contribution in [2.75, 3.05) is 33.2 Å². The van der Waals surface area contributed by atoms with Crippen molar-refractivity contribution in [1.82, 2.24) is 9.80 Å². The number of hydrogen-bond donors (Lipinski definition) is 0. The average Bonchev–Trinajstić information content (AvgIpc) is 2.32. The third kappa shape index (κ3) is 3.21. The summed E-state index contributed by atoms with van der Waals surface area (Å²) < 4.78 is 0. The lowest BCUT2D eigenvalue weighted by Crippen LogP contribution is -2.46. The molecule has 0 aromatic heterocycles. The highest BCUT2D eigenvalue weighted by atomic mass is 15.2. The molecule has 0 radical (unpaired) electrons. The molecule has 2 unspecified atom stereocenters. The van der Waals surface area contributed by atoms with Gasteiger partial charge in [-0.15, -0.1) is 0 Å². The van der Waals surface area contributed by atoms with Gasteiger partial charge in [-0.3, -0.25) is 0 Å².